The molecule has 2 aliphatic rings. The molecule has 1 saturated carbocycles. The van der Waals surface area contributed by atoms with Crippen molar-refractivity contribution in [1.82, 2.24) is 20.1 Å². The van der Waals surface area contributed by atoms with Gasteiger partial charge in [0, 0.05) is 20.0 Å². The van der Waals surface area contributed by atoms with E-state index in [1.54, 1.807) is 6.92 Å². The summed E-state index contributed by atoms with van der Waals surface area (Å²) in [6.07, 6.45) is 4.63. The van der Waals surface area contributed by atoms with E-state index in [1.807, 2.05) is 4.90 Å². The Labute approximate surface area is 165 Å². The number of nitrogens with one attached hydrogen (secondary N) is 2. The number of aromatic amines is 1. The summed E-state index contributed by atoms with van der Waals surface area (Å²) in [5.41, 5.74) is -0.800. The molecule has 1 atom stereocenters. The number of amides is 1. The molecular weight excluding hydrogens is 384 g/mol. The molecule has 156 valence electrons. The van der Waals surface area contributed by atoms with Crippen molar-refractivity contribution in [2.24, 2.45) is 5.41 Å². The van der Waals surface area contributed by atoms with E-state index >= 15 is 0 Å². The highest BCUT2D eigenvalue weighted by atomic mass is 19.3. The third-order valence-electron chi connectivity index (χ3n) is 5.84. The highest BCUT2D eigenvalue weighted by Gasteiger charge is 2.45. The van der Waals surface area contributed by atoms with Gasteiger partial charge in [-0.05, 0) is 50.2 Å². The van der Waals surface area contributed by atoms with Crippen LogP contribution >= 0.6 is 0 Å². The maximum Gasteiger partial charge on any atom is 0.316 e. The Hall–Kier alpha value is -2.78. The van der Waals surface area contributed by atoms with Crippen molar-refractivity contribution in [3.63, 3.8) is 0 Å². The monoisotopic (exact) mass is 407 g/mol. The number of H-pyrrole nitrogens is 1. The zero-order chi connectivity index (χ0) is 20.8. The van der Waals surface area contributed by atoms with Crippen LogP contribution < -0.4 is 10.9 Å². The van der Waals surface area contributed by atoms with Crippen molar-refractivity contribution < 1.29 is 18.0 Å². The minimum Gasteiger partial charge on any atom is -0.403 e. The molecule has 10 heteroatoms. The lowest BCUT2D eigenvalue weighted by Gasteiger charge is -2.33. The van der Waals surface area contributed by atoms with Gasteiger partial charge in [0.2, 0.25) is 5.91 Å². The van der Waals surface area contributed by atoms with Crippen LogP contribution in [0.2, 0.25) is 0 Å². The summed E-state index contributed by atoms with van der Waals surface area (Å²) in [7, 11) is 0. The quantitative estimate of drug-likeness (QED) is 0.790. The number of carbonyl (C=O) groups excluding carboxylic acids is 1. The van der Waals surface area contributed by atoms with E-state index in [-0.39, 0.29) is 23.4 Å². The van der Waals surface area contributed by atoms with Crippen molar-refractivity contribution in [3.8, 4) is 11.5 Å². The van der Waals surface area contributed by atoms with Gasteiger partial charge in [0.05, 0.1) is 5.69 Å². The minimum atomic E-state index is -3.16. The molecule has 1 aliphatic carbocycles. The van der Waals surface area contributed by atoms with Gasteiger partial charge < -0.3 is 19.6 Å². The van der Waals surface area contributed by atoms with E-state index in [2.05, 4.69) is 20.5 Å². The van der Waals surface area contributed by atoms with E-state index in [0.717, 1.165) is 32.0 Å². The molecule has 2 aromatic rings. The average molecular weight is 407 g/mol. The van der Waals surface area contributed by atoms with Gasteiger partial charge in [0.25, 0.3) is 17.4 Å². The molecule has 29 heavy (non-hydrogen) atoms. The Morgan fingerprint density at radius 2 is 1.97 bits per heavy atom. The van der Waals surface area contributed by atoms with Gasteiger partial charge in [-0.15, -0.1) is 5.10 Å². The fourth-order valence-corrected chi connectivity index (χ4v) is 3.69. The van der Waals surface area contributed by atoms with Crippen molar-refractivity contribution in [3.05, 3.63) is 28.2 Å². The summed E-state index contributed by atoms with van der Waals surface area (Å²) in [4.78, 5) is 28.7. The van der Waals surface area contributed by atoms with Crippen molar-refractivity contribution >= 4 is 11.9 Å². The maximum absolute atomic E-state index is 13.3. The van der Waals surface area contributed by atoms with Crippen LogP contribution in [0.3, 0.4) is 0 Å². The Bertz CT molecular complexity index is 967. The van der Waals surface area contributed by atoms with Crippen molar-refractivity contribution in [2.75, 3.05) is 18.4 Å². The lowest BCUT2D eigenvalue weighted by molar-refractivity contribution is -0.133. The highest BCUT2D eigenvalue weighted by Crippen LogP contribution is 2.53. The third kappa shape index (κ3) is 4.01. The number of likely N-dealkylation sites (tertiary alicyclic amines) is 1. The number of aromatic nitrogens is 3. The zero-order valence-electron chi connectivity index (χ0n) is 16.3. The molecule has 0 radical (unpaired) electrons. The predicted octanol–water partition coefficient (Wildman–Crippen LogP) is 2.74. The van der Waals surface area contributed by atoms with Gasteiger partial charge in [-0.2, -0.15) is 0 Å². The number of hydrogen-bond donors (Lipinski definition) is 2. The van der Waals surface area contributed by atoms with E-state index < -0.39 is 23.2 Å². The first kappa shape index (κ1) is 19.5. The normalized spacial score (nSPS) is 19.2. The molecule has 2 N–H and O–H groups in total. The van der Waals surface area contributed by atoms with Crippen LogP contribution in [0.1, 0.15) is 45.2 Å². The fourth-order valence-electron chi connectivity index (χ4n) is 3.69. The number of halogens is 2. The van der Waals surface area contributed by atoms with Crippen molar-refractivity contribution in [2.45, 2.75) is 51.5 Å². The predicted molar refractivity (Wildman–Crippen MR) is 100 cm³/mol. The maximum atomic E-state index is 13.3. The SMILES string of the molecule is C[C@H](Nc1nnc(-c2ccc(C(C)(F)F)[nH]c2=O)o1)C(=O)N1CCC2(CC1)CC2. The van der Waals surface area contributed by atoms with Crippen LogP contribution in [0.5, 0.6) is 0 Å². The summed E-state index contributed by atoms with van der Waals surface area (Å²) in [5.74, 6) is -3.33. The summed E-state index contributed by atoms with van der Waals surface area (Å²) < 4.78 is 32.1. The first-order chi connectivity index (χ1) is 13.7. The summed E-state index contributed by atoms with van der Waals surface area (Å²) in [6, 6.07) is 1.72. The van der Waals surface area contributed by atoms with Gasteiger partial charge >= 0.3 is 6.01 Å². The van der Waals surface area contributed by atoms with Crippen molar-refractivity contribution in [1.29, 1.82) is 0 Å². The van der Waals surface area contributed by atoms with Gasteiger partial charge in [-0.25, -0.2) is 8.78 Å². The largest absolute Gasteiger partial charge is 0.403 e. The molecule has 1 aliphatic heterocycles. The topological polar surface area (TPSA) is 104 Å². The first-order valence-electron chi connectivity index (χ1n) is 9.68. The molecule has 2 aromatic heterocycles. The molecule has 1 amide bonds. The van der Waals surface area contributed by atoms with Gasteiger partial charge in [0.15, 0.2) is 0 Å². The molecule has 0 unspecified atom stereocenters. The number of alkyl halides is 2. The van der Waals surface area contributed by atoms with Crippen LogP contribution in [-0.2, 0) is 10.7 Å². The van der Waals surface area contributed by atoms with Crippen LogP contribution in [-0.4, -0.2) is 45.1 Å². The lowest BCUT2D eigenvalue weighted by atomic mass is 9.93. The van der Waals surface area contributed by atoms with Crippen LogP contribution in [0.15, 0.2) is 21.3 Å². The van der Waals surface area contributed by atoms with Crippen LogP contribution in [0.25, 0.3) is 11.5 Å². The summed E-state index contributed by atoms with van der Waals surface area (Å²) in [6.45, 7) is 3.91. The van der Waals surface area contributed by atoms with E-state index in [1.165, 1.54) is 18.9 Å². The Kier molecular flexibility index (Phi) is 4.66. The number of pyridine rings is 1. The van der Waals surface area contributed by atoms with E-state index in [0.29, 0.717) is 12.3 Å². The number of rotatable bonds is 5. The molecule has 2 fully saturated rings. The number of carbonyl (C=O) groups is 1. The van der Waals surface area contributed by atoms with Crippen LogP contribution in [0.4, 0.5) is 14.8 Å². The Morgan fingerprint density at radius 3 is 2.55 bits per heavy atom. The summed E-state index contributed by atoms with van der Waals surface area (Å²) in [5, 5.41) is 10.4. The molecule has 4 rings (SSSR count). The number of anilines is 1. The number of hydrogen-bond acceptors (Lipinski definition) is 6. The second-order valence-corrected chi connectivity index (χ2v) is 8.11. The minimum absolute atomic E-state index is 0.0131. The fraction of sp³-hybridized carbons (Fsp3) is 0.579. The molecule has 0 bridgehead atoms. The molecule has 1 spiro atoms. The molecule has 0 aromatic carbocycles. The first-order valence-corrected chi connectivity index (χ1v) is 9.68. The number of piperidine rings is 1. The summed E-state index contributed by atoms with van der Waals surface area (Å²) >= 11 is 0. The second-order valence-electron chi connectivity index (χ2n) is 8.11. The lowest BCUT2D eigenvalue weighted by Crippen LogP contribution is -2.45. The smallest absolute Gasteiger partial charge is 0.316 e. The second kappa shape index (κ2) is 6.93. The highest BCUT2D eigenvalue weighted by molar-refractivity contribution is 5.83. The molecule has 3 heterocycles. The third-order valence-corrected chi connectivity index (χ3v) is 5.84. The average Bonchev–Trinajstić information content (AvgIpc) is 3.26. The van der Waals surface area contributed by atoms with Crippen LogP contribution in [0, 0.1) is 5.41 Å². The number of nitrogens with zero attached hydrogens (tertiary/aromatic N) is 3. The molecular formula is C19H23F2N5O3. The van der Waals surface area contributed by atoms with Gasteiger partial charge in [-0.1, -0.05) is 5.10 Å². The Morgan fingerprint density at radius 1 is 1.28 bits per heavy atom. The zero-order valence-corrected chi connectivity index (χ0v) is 16.3. The Balaban J connectivity index is 1.41. The standard InChI is InChI=1S/C19H23F2N5O3/c1-11(16(28)26-9-7-19(5-6-19)8-10-26)22-17-25-24-15(29-17)12-3-4-13(18(2,20)21)23-14(12)27/h3-4,11H,5-10H2,1-2H3,(H,22,25)(H,23,27)/t11-/m0/s1. The van der Waals surface area contributed by atoms with E-state index in [4.69, 9.17) is 4.42 Å². The molecule has 1 saturated heterocycles. The van der Waals surface area contributed by atoms with Gasteiger partial charge in [-0.3, -0.25) is 9.59 Å². The molecule has 8 nitrogen and oxygen atoms in total. The van der Waals surface area contributed by atoms with Gasteiger partial charge in [0.1, 0.15) is 11.6 Å². The van der Waals surface area contributed by atoms with E-state index in [9.17, 15) is 18.4 Å².